The number of hydrogen-bond acceptors (Lipinski definition) is 5. The lowest BCUT2D eigenvalue weighted by molar-refractivity contribution is -0.159. The third-order valence-electron chi connectivity index (χ3n) is 2.61. The summed E-state index contributed by atoms with van der Waals surface area (Å²) < 4.78 is 9.79. The van der Waals surface area contributed by atoms with Crippen molar-refractivity contribution in [1.82, 2.24) is 4.90 Å². The Labute approximate surface area is 102 Å². The van der Waals surface area contributed by atoms with Gasteiger partial charge in [0.1, 0.15) is 19.0 Å². The summed E-state index contributed by atoms with van der Waals surface area (Å²) in [5.74, 6) is -1.91. The van der Waals surface area contributed by atoms with E-state index in [4.69, 9.17) is 14.3 Å². The first-order valence-corrected chi connectivity index (χ1v) is 5.22. The quantitative estimate of drug-likeness (QED) is 0.771. The predicted molar refractivity (Wildman–Crippen MR) is 56.8 cm³/mol. The van der Waals surface area contributed by atoms with Crippen LogP contribution in [-0.4, -0.2) is 41.0 Å². The molecule has 0 unspecified atom stereocenters. The fourth-order valence-corrected chi connectivity index (χ4v) is 1.65. The maximum Gasteiger partial charge on any atom is 0.371 e. The lowest BCUT2D eigenvalue weighted by atomic mass is 10.2. The van der Waals surface area contributed by atoms with E-state index in [2.05, 4.69) is 0 Å². The number of nitrogens with zero attached hydrogens (tertiary/aromatic N) is 1. The summed E-state index contributed by atoms with van der Waals surface area (Å²) in [5, 5.41) is 8.77. The zero-order chi connectivity index (χ0) is 13.3. The standard InChI is InChI=1S/C11H11NO6/c1-6-7(2-8(18-6)11(15)16)3-12-9(13)4-17-5-10(12)14/h2H,3-5H2,1H3,(H,15,16). The molecule has 0 spiro atoms. The molecule has 2 amide bonds. The van der Waals surface area contributed by atoms with E-state index in [0.29, 0.717) is 11.3 Å². The Morgan fingerprint density at radius 1 is 1.39 bits per heavy atom. The van der Waals surface area contributed by atoms with Crippen molar-refractivity contribution < 1.29 is 28.6 Å². The number of carboxylic acid groups (broad SMARTS) is 1. The smallest absolute Gasteiger partial charge is 0.371 e. The molecule has 7 nitrogen and oxygen atoms in total. The van der Waals surface area contributed by atoms with E-state index < -0.39 is 17.8 Å². The van der Waals surface area contributed by atoms with Gasteiger partial charge in [-0.2, -0.15) is 0 Å². The molecule has 1 saturated heterocycles. The Morgan fingerprint density at radius 2 is 2.00 bits per heavy atom. The number of carbonyl (C=O) groups is 3. The second-order valence-electron chi connectivity index (χ2n) is 3.86. The lowest BCUT2D eigenvalue weighted by Gasteiger charge is -2.24. The minimum absolute atomic E-state index is 0.00361. The van der Waals surface area contributed by atoms with Crippen molar-refractivity contribution >= 4 is 17.8 Å². The normalized spacial score (nSPS) is 16.2. The van der Waals surface area contributed by atoms with Crippen molar-refractivity contribution in [3.8, 4) is 0 Å². The Kier molecular flexibility index (Phi) is 3.15. The monoisotopic (exact) mass is 253 g/mol. The second kappa shape index (κ2) is 4.61. The molecule has 0 atom stereocenters. The molecule has 0 bridgehead atoms. The van der Waals surface area contributed by atoms with E-state index >= 15 is 0 Å². The number of rotatable bonds is 3. The van der Waals surface area contributed by atoms with Crippen molar-refractivity contribution in [2.75, 3.05) is 13.2 Å². The maximum atomic E-state index is 11.5. The number of amides is 2. The van der Waals surface area contributed by atoms with Gasteiger partial charge in [-0.1, -0.05) is 0 Å². The molecule has 0 saturated carbocycles. The first-order chi connectivity index (χ1) is 8.49. The van der Waals surface area contributed by atoms with Gasteiger partial charge in [-0.3, -0.25) is 14.5 Å². The highest BCUT2D eigenvalue weighted by Gasteiger charge is 2.28. The highest BCUT2D eigenvalue weighted by atomic mass is 16.5. The van der Waals surface area contributed by atoms with E-state index in [0.717, 1.165) is 4.90 Å². The molecule has 1 aromatic heterocycles. The summed E-state index contributed by atoms with van der Waals surface area (Å²) >= 11 is 0. The van der Waals surface area contributed by atoms with E-state index in [-0.39, 0.29) is 25.5 Å². The molecule has 1 aliphatic heterocycles. The number of ether oxygens (including phenoxy) is 1. The third-order valence-corrected chi connectivity index (χ3v) is 2.61. The largest absolute Gasteiger partial charge is 0.475 e. The molecule has 1 aromatic rings. The topological polar surface area (TPSA) is 97.1 Å². The van der Waals surface area contributed by atoms with Gasteiger partial charge in [0.15, 0.2) is 0 Å². The SMILES string of the molecule is Cc1oc(C(=O)O)cc1CN1C(=O)COCC1=O. The van der Waals surface area contributed by atoms with Crippen LogP contribution in [0.15, 0.2) is 10.5 Å². The Balaban J connectivity index is 2.20. The molecule has 1 N–H and O–H groups in total. The van der Waals surface area contributed by atoms with Crippen molar-refractivity contribution in [2.45, 2.75) is 13.5 Å². The van der Waals surface area contributed by atoms with Crippen molar-refractivity contribution in [3.63, 3.8) is 0 Å². The number of hydrogen-bond donors (Lipinski definition) is 1. The number of morpholine rings is 1. The molecule has 0 aromatic carbocycles. The van der Waals surface area contributed by atoms with Gasteiger partial charge in [-0.25, -0.2) is 4.79 Å². The van der Waals surface area contributed by atoms with Crippen LogP contribution in [0.2, 0.25) is 0 Å². The number of carbonyl (C=O) groups excluding carboxylic acids is 2. The summed E-state index contributed by atoms with van der Waals surface area (Å²) in [6.45, 7) is 1.30. The zero-order valence-corrected chi connectivity index (χ0v) is 9.63. The molecule has 0 aliphatic carbocycles. The lowest BCUT2D eigenvalue weighted by Crippen LogP contribution is -2.45. The highest BCUT2D eigenvalue weighted by Crippen LogP contribution is 2.18. The summed E-state index contributed by atoms with van der Waals surface area (Å²) in [6.07, 6.45) is 0. The van der Waals surface area contributed by atoms with Crippen LogP contribution >= 0.6 is 0 Å². The van der Waals surface area contributed by atoms with E-state index in [1.165, 1.54) is 6.07 Å². The molecule has 2 heterocycles. The summed E-state index contributed by atoms with van der Waals surface area (Å²) in [5.41, 5.74) is 0.496. The van der Waals surface area contributed by atoms with E-state index in [1.54, 1.807) is 6.92 Å². The predicted octanol–water partition coefficient (Wildman–Crippen LogP) is 0.172. The summed E-state index contributed by atoms with van der Waals surface area (Å²) in [7, 11) is 0. The minimum atomic E-state index is -1.19. The molecular formula is C11H11NO6. The van der Waals surface area contributed by atoms with Crippen LogP contribution in [0.4, 0.5) is 0 Å². The molecular weight excluding hydrogens is 242 g/mol. The zero-order valence-electron chi connectivity index (χ0n) is 9.63. The molecule has 96 valence electrons. The Bertz CT molecular complexity index is 502. The van der Waals surface area contributed by atoms with Gasteiger partial charge < -0.3 is 14.3 Å². The highest BCUT2D eigenvalue weighted by molar-refractivity contribution is 5.98. The molecule has 1 fully saturated rings. The van der Waals surface area contributed by atoms with Crippen molar-refractivity contribution in [3.05, 3.63) is 23.2 Å². The van der Waals surface area contributed by atoms with Crippen LogP contribution in [0.5, 0.6) is 0 Å². The molecule has 2 rings (SSSR count). The van der Waals surface area contributed by atoms with Gasteiger partial charge >= 0.3 is 5.97 Å². The van der Waals surface area contributed by atoms with Crippen LogP contribution in [0.1, 0.15) is 21.9 Å². The minimum Gasteiger partial charge on any atom is -0.475 e. The fraction of sp³-hybridized carbons (Fsp3) is 0.364. The Morgan fingerprint density at radius 3 is 2.50 bits per heavy atom. The van der Waals surface area contributed by atoms with E-state index in [9.17, 15) is 14.4 Å². The second-order valence-corrected chi connectivity index (χ2v) is 3.86. The van der Waals surface area contributed by atoms with Crippen LogP contribution in [0.3, 0.4) is 0 Å². The number of aryl methyl sites for hydroxylation is 1. The Hall–Kier alpha value is -2.15. The van der Waals surface area contributed by atoms with E-state index in [1.807, 2.05) is 0 Å². The van der Waals surface area contributed by atoms with Gasteiger partial charge in [0, 0.05) is 5.56 Å². The van der Waals surface area contributed by atoms with Crippen LogP contribution in [0, 0.1) is 6.92 Å². The summed E-state index contributed by atoms with van der Waals surface area (Å²) in [4.78, 5) is 34.7. The summed E-state index contributed by atoms with van der Waals surface area (Å²) in [6, 6.07) is 1.31. The van der Waals surface area contributed by atoms with Crippen LogP contribution < -0.4 is 0 Å². The average Bonchev–Trinajstić information content (AvgIpc) is 2.66. The molecule has 0 radical (unpaired) electrons. The molecule has 18 heavy (non-hydrogen) atoms. The van der Waals surface area contributed by atoms with Gasteiger partial charge in [-0.05, 0) is 13.0 Å². The first kappa shape index (κ1) is 12.3. The average molecular weight is 253 g/mol. The van der Waals surface area contributed by atoms with Crippen molar-refractivity contribution in [2.24, 2.45) is 0 Å². The van der Waals surface area contributed by atoms with Gasteiger partial charge in [-0.15, -0.1) is 0 Å². The van der Waals surface area contributed by atoms with Crippen molar-refractivity contribution in [1.29, 1.82) is 0 Å². The number of aromatic carboxylic acids is 1. The third kappa shape index (κ3) is 2.25. The number of imide groups is 1. The number of furan rings is 1. The van der Waals surface area contributed by atoms with Crippen LogP contribution in [-0.2, 0) is 20.9 Å². The van der Waals surface area contributed by atoms with Gasteiger partial charge in [0.25, 0.3) is 11.8 Å². The maximum absolute atomic E-state index is 11.5. The number of carboxylic acids is 1. The fourth-order valence-electron chi connectivity index (χ4n) is 1.65. The van der Waals surface area contributed by atoms with Crippen LogP contribution in [0.25, 0.3) is 0 Å². The molecule has 1 aliphatic rings. The van der Waals surface area contributed by atoms with Gasteiger partial charge in [0.2, 0.25) is 5.76 Å². The van der Waals surface area contributed by atoms with Gasteiger partial charge in [0.05, 0.1) is 6.54 Å². The molecule has 7 heteroatoms. The first-order valence-electron chi connectivity index (χ1n) is 5.22.